The van der Waals surface area contributed by atoms with E-state index >= 15 is 0 Å². The van der Waals surface area contributed by atoms with E-state index in [4.69, 9.17) is 0 Å². The molecule has 0 bridgehead atoms. The highest BCUT2D eigenvalue weighted by Gasteiger charge is 2.15. The quantitative estimate of drug-likeness (QED) is 0.552. The molecular weight excluding hydrogens is 384 g/mol. The minimum atomic E-state index is -1.24. The normalized spacial score (nSPS) is 10.7. The van der Waals surface area contributed by atoms with Gasteiger partial charge < -0.3 is 15.0 Å². The number of aryl methyl sites for hydroxylation is 1. The number of fused-ring (bicyclic) bond motifs is 1. The Labute approximate surface area is 173 Å². The molecule has 0 aliphatic carbocycles. The van der Waals surface area contributed by atoms with Crippen molar-refractivity contribution < 1.29 is 14.7 Å². The van der Waals surface area contributed by atoms with Crippen molar-refractivity contribution in [2.24, 2.45) is 0 Å². The first-order chi connectivity index (χ1) is 14.4. The predicted molar refractivity (Wildman–Crippen MR) is 116 cm³/mol. The van der Waals surface area contributed by atoms with Crippen LogP contribution in [0.5, 0.6) is 0 Å². The Hall–Kier alpha value is -3.68. The molecule has 1 aromatic carbocycles. The second kappa shape index (κ2) is 9.21. The van der Waals surface area contributed by atoms with E-state index in [2.05, 4.69) is 22.5 Å². The SMILES string of the molecule is CCCCn1cc(C(=O)O)c(=O)c2cc(-c3ccc(NC(=O)NCC)nc3)ccc21. The molecule has 3 N–H and O–H groups in total. The van der Waals surface area contributed by atoms with E-state index in [1.54, 1.807) is 24.4 Å². The first kappa shape index (κ1) is 21.0. The lowest BCUT2D eigenvalue weighted by atomic mass is 10.0. The number of hydrogen-bond acceptors (Lipinski definition) is 4. The van der Waals surface area contributed by atoms with Gasteiger partial charge in [0.2, 0.25) is 5.43 Å². The zero-order valence-corrected chi connectivity index (χ0v) is 16.9. The van der Waals surface area contributed by atoms with Crippen molar-refractivity contribution in [1.82, 2.24) is 14.9 Å². The van der Waals surface area contributed by atoms with Gasteiger partial charge in [-0.15, -0.1) is 0 Å². The van der Waals surface area contributed by atoms with Gasteiger partial charge >= 0.3 is 12.0 Å². The molecule has 0 radical (unpaired) electrons. The number of carbonyl (C=O) groups excluding carboxylic acids is 1. The molecule has 30 heavy (non-hydrogen) atoms. The van der Waals surface area contributed by atoms with Crippen molar-refractivity contribution in [2.45, 2.75) is 33.2 Å². The number of rotatable bonds is 7. The Balaban J connectivity index is 2.01. The summed E-state index contributed by atoms with van der Waals surface area (Å²) in [5, 5.41) is 15.0. The van der Waals surface area contributed by atoms with Crippen molar-refractivity contribution in [3.05, 3.63) is 58.5 Å². The van der Waals surface area contributed by atoms with E-state index in [1.165, 1.54) is 6.20 Å². The van der Waals surface area contributed by atoms with Gasteiger partial charge in [-0.1, -0.05) is 19.4 Å². The minimum Gasteiger partial charge on any atom is -0.477 e. The van der Waals surface area contributed by atoms with Gasteiger partial charge in [-0.2, -0.15) is 0 Å². The topological polar surface area (TPSA) is 113 Å². The van der Waals surface area contributed by atoms with Gasteiger partial charge in [-0.3, -0.25) is 10.1 Å². The van der Waals surface area contributed by atoms with E-state index < -0.39 is 11.4 Å². The molecule has 0 aliphatic heterocycles. The maximum absolute atomic E-state index is 12.8. The number of amides is 2. The van der Waals surface area contributed by atoms with Gasteiger partial charge in [0.15, 0.2) is 0 Å². The molecule has 156 valence electrons. The van der Waals surface area contributed by atoms with E-state index in [0.717, 1.165) is 24.0 Å². The second-order valence-electron chi connectivity index (χ2n) is 6.87. The molecule has 0 unspecified atom stereocenters. The molecule has 0 atom stereocenters. The summed E-state index contributed by atoms with van der Waals surface area (Å²) in [6.45, 7) is 5.02. The number of aromatic nitrogens is 2. The number of anilines is 1. The molecule has 8 heteroatoms. The predicted octanol–water partition coefficient (Wildman–Crippen LogP) is 3.70. The molecule has 0 saturated carbocycles. The van der Waals surface area contributed by atoms with E-state index in [1.807, 2.05) is 23.6 Å². The van der Waals surface area contributed by atoms with Crippen LogP contribution >= 0.6 is 0 Å². The van der Waals surface area contributed by atoms with Crippen molar-refractivity contribution >= 4 is 28.7 Å². The van der Waals surface area contributed by atoms with Gasteiger partial charge in [-0.05, 0) is 43.2 Å². The highest BCUT2D eigenvalue weighted by molar-refractivity contribution is 5.94. The highest BCUT2D eigenvalue weighted by Crippen LogP contribution is 2.24. The summed E-state index contributed by atoms with van der Waals surface area (Å²) < 4.78 is 1.82. The number of carbonyl (C=O) groups is 2. The van der Waals surface area contributed by atoms with E-state index in [-0.39, 0.29) is 11.6 Å². The first-order valence-corrected chi connectivity index (χ1v) is 9.86. The summed E-state index contributed by atoms with van der Waals surface area (Å²) in [7, 11) is 0. The van der Waals surface area contributed by atoms with Gasteiger partial charge in [0.1, 0.15) is 11.4 Å². The zero-order chi connectivity index (χ0) is 21.7. The van der Waals surface area contributed by atoms with Crippen LogP contribution in [0, 0.1) is 0 Å². The number of unbranched alkanes of at least 4 members (excludes halogenated alkanes) is 1. The average Bonchev–Trinajstić information content (AvgIpc) is 2.73. The van der Waals surface area contributed by atoms with Gasteiger partial charge in [0, 0.05) is 36.4 Å². The largest absolute Gasteiger partial charge is 0.477 e. The van der Waals surface area contributed by atoms with Crippen LogP contribution in [0.15, 0.2) is 47.5 Å². The zero-order valence-electron chi connectivity index (χ0n) is 16.9. The van der Waals surface area contributed by atoms with Gasteiger partial charge in [0.25, 0.3) is 0 Å². The third-order valence-electron chi connectivity index (χ3n) is 4.74. The molecule has 0 saturated heterocycles. The molecular formula is C22H24N4O4. The standard InChI is InChI=1S/C22H24N4O4/c1-3-5-10-26-13-17(21(28)29)20(27)16-11-14(6-8-18(16)26)15-7-9-19(24-12-15)25-22(30)23-4-2/h6-9,11-13H,3-5,10H2,1-2H3,(H,28,29)(H2,23,24,25,30). The highest BCUT2D eigenvalue weighted by atomic mass is 16.4. The maximum atomic E-state index is 12.8. The second-order valence-corrected chi connectivity index (χ2v) is 6.87. The Morgan fingerprint density at radius 1 is 1.13 bits per heavy atom. The number of nitrogens with zero attached hydrogens (tertiary/aromatic N) is 2. The minimum absolute atomic E-state index is 0.240. The lowest BCUT2D eigenvalue weighted by Crippen LogP contribution is -2.28. The fourth-order valence-electron chi connectivity index (χ4n) is 3.20. The Morgan fingerprint density at radius 3 is 2.53 bits per heavy atom. The molecule has 0 aliphatic rings. The summed E-state index contributed by atoms with van der Waals surface area (Å²) in [5.41, 5.74) is 1.44. The van der Waals surface area contributed by atoms with Crippen molar-refractivity contribution in [3.8, 4) is 11.1 Å². The van der Waals surface area contributed by atoms with Crippen LogP contribution in [0.3, 0.4) is 0 Å². The molecule has 3 rings (SSSR count). The number of urea groups is 1. The molecule has 2 aromatic heterocycles. The lowest BCUT2D eigenvalue weighted by Gasteiger charge is -2.13. The van der Waals surface area contributed by atoms with Crippen LogP contribution in [-0.2, 0) is 6.54 Å². The summed E-state index contributed by atoms with van der Waals surface area (Å²) >= 11 is 0. The molecule has 2 amide bonds. The van der Waals surface area contributed by atoms with Gasteiger partial charge in [0.05, 0.1) is 5.52 Å². The monoisotopic (exact) mass is 408 g/mol. The summed E-state index contributed by atoms with van der Waals surface area (Å²) in [6.07, 6.45) is 4.85. The summed E-state index contributed by atoms with van der Waals surface area (Å²) in [4.78, 5) is 40.1. The number of nitrogens with one attached hydrogen (secondary N) is 2. The van der Waals surface area contributed by atoms with Crippen LogP contribution in [-0.4, -0.2) is 33.2 Å². The van der Waals surface area contributed by atoms with Crippen molar-refractivity contribution in [2.75, 3.05) is 11.9 Å². The van der Waals surface area contributed by atoms with E-state index in [9.17, 15) is 19.5 Å². The smallest absolute Gasteiger partial charge is 0.341 e. The average molecular weight is 408 g/mol. The fourth-order valence-corrected chi connectivity index (χ4v) is 3.20. The third kappa shape index (κ3) is 4.48. The first-order valence-electron chi connectivity index (χ1n) is 9.86. The van der Waals surface area contributed by atoms with Gasteiger partial charge in [-0.25, -0.2) is 14.6 Å². The Kier molecular flexibility index (Phi) is 6.46. The molecule has 0 spiro atoms. The number of pyridine rings is 2. The molecule has 8 nitrogen and oxygen atoms in total. The van der Waals surface area contributed by atoms with Crippen LogP contribution < -0.4 is 16.1 Å². The number of carboxylic acids is 1. The maximum Gasteiger partial charge on any atom is 0.341 e. The summed E-state index contributed by atoms with van der Waals surface area (Å²) in [5.74, 6) is -0.833. The fraction of sp³-hybridized carbons (Fsp3) is 0.273. The molecule has 2 heterocycles. The summed E-state index contributed by atoms with van der Waals surface area (Å²) in [6, 6.07) is 8.51. The van der Waals surface area contributed by atoms with Crippen LogP contribution in [0.25, 0.3) is 22.0 Å². The third-order valence-corrected chi connectivity index (χ3v) is 4.74. The lowest BCUT2D eigenvalue weighted by molar-refractivity contribution is 0.0694. The molecule has 3 aromatic rings. The van der Waals surface area contributed by atoms with Crippen LogP contribution in [0.1, 0.15) is 37.0 Å². The van der Waals surface area contributed by atoms with Crippen LogP contribution in [0.2, 0.25) is 0 Å². The number of benzene rings is 1. The van der Waals surface area contributed by atoms with E-state index in [0.29, 0.717) is 29.8 Å². The van der Waals surface area contributed by atoms with Crippen molar-refractivity contribution in [3.63, 3.8) is 0 Å². The van der Waals surface area contributed by atoms with Crippen molar-refractivity contribution in [1.29, 1.82) is 0 Å². The molecule has 0 fully saturated rings. The number of hydrogen-bond donors (Lipinski definition) is 3. The van der Waals surface area contributed by atoms with Crippen LogP contribution in [0.4, 0.5) is 10.6 Å². The Bertz CT molecular complexity index is 1140. The number of carboxylic acid groups (broad SMARTS) is 1. The number of aromatic carboxylic acids is 1. The Morgan fingerprint density at radius 2 is 1.90 bits per heavy atom.